The molecule has 0 N–H and O–H groups in total. The molecule has 0 aliphatic carbocycles. The molecule has 0 saturated carbocycles. The Balaban J connectivity index is 2.26. The minimum absolute atomic E-state index is 0.0261. The van der Waals surface area contributed by atoms with Crippen LogP contribution in [0.1, 0.15) is 6.92 Å². The Morgan fingerprint density at radius 1 is 1.24 bits per heavy atom. The smallest absolute Gasteiger partial charge is 0.234 e. The highest BCUT2D eigenvalue weighted by Gasteiger charge is 2.14. The van der Waals surface area contributed by atoms with Gasteiger partial charge in [-0.2, -0.15) is 0 Å². The Kier molecular flexibility index (Phi) is 5.09. The van der Waals surface area contributed by atoms with Gasteiger partial charge in [-0.1, -0.05) is 11.6 Å². The number of methoxy groups -OCH3 is 1. The van der Waals surface area contributed by atoms with Crippen LogP contribution in [0.4, 0.5) is 10.1 Å². The van der Waals surface area contributed by atoms with Crippen LogP contribution >= 0.6 is 23.5 Å². The van der Waals surface area contributed by atoms with Crippen LogP contribution in [0.5, 0.6) is 5.75 Å². The number of nitrogens with zero attached hydrogens (tertiary/aromatic N) is 1. The Morgan fingerprint density at radius 2 is 1.90 bits per heavy atom. The van der Waals surface area contributed by atoms with Crippen LogP contribution < -0.4 is 9.04 Å². The van der Waals surface area contributed by atoms with Crippen molar-refractivity contribution in [3.8, 4) is 5.75 Å². The Bertz CT molecular complexity index is 649. The molecular weight excluding hydrogens is 313 g/mol. The van der Waals surface area contributed by atoms with Gasteiger partial charge >= 0.3 is 0 Å². The number of rotatable bonds is 4. The summed E-state index contributed by atoms with van der Waals surface area (Å²) >= 11 is 6.93. The van der Waals surface area contributed by atoms with Gasteiger partial charge in [-0.3, -0.25) is 4.79 Å². The number of anilines is 1. The maximum atomic E-state index is 13.2. The Morgan fingerprint density at radius 3 is 2.43 bits per heavy atom. The monoisotopic (exact) mass is 325 g/mol. The number of benzene rings is 2. The van der Waals surface area contributed by atoms with Crippen molar-refractivity contribution in [2.75, 3.05) is 11.4 Å². The minimum atomic E-state index is -0.486. The second-order valence-electron chi connectivity index (χ2n) is 4.18. The zero-order chi connectivity index (χ0) is 15.4. The van der Waals surface area contributed by atoms with Gasteiger partial charge in [-0.05, 0) is 54.4 Å². The van der Waals surface area contributed by atoms with Gasteiger partial charge in [0.05, 0.1) is 17.8 Å². The van der Waals surface area contributed by atoms with Gasteiger partial charge in [0.25, 0.3) is 0 Å². The third-order valence-corrected chi connectivity index (χ3v) is 4.09. The van der Waals surface area contributed by atoms with Crippen molar-refractivity contribution in [3.05, 3.63) is 53.3 Å². The molecule has 0 fully saturated rings. The summed E-state index contributed by atoms with van der Waals surface area (Å²) < 4.78 is 19.8. The van der Waals surface area contributed by atoms with Gasteiger partial charge in [-0.15, -0.1) is 0 Å². The summed E-state index contributed by atoms with van der Waals surface area (Å²) in [6.07, 6.45) is 0. The first-order chi connectivity index (χ1) is 10.0. The molecule has 2 aromatic carbocycles. The van der Waals surface area contributed by atoms with Gasteiger partial charge in [0.2, 0.25) is 5.91 Å². The van der Waals surface area contributed by atoms with E-state index in [1.165, 1.54) is 35.3 Å². The molecule has 0 spiro atoms. The van der Waals surface area contributed by atoms with E-state index in [-0.39, 0.29) is 10.9 Å². The third-order valence-electron chi connectivity index (χ3n) is 2.68. The molecule has 0 saturated heterocycles. The summed E-state index contributed by atoms with van der Waals surface area (Å²) in [6, 6.07) is 11.4. The number of amides is 1. The summed E-state index contributed by atoms with van der Waals surface area (Å²) in [5, 5.41) is 0.0261. The first-order valence-corrected chi connectivity index (χ1v) is 7.24. The summed E-state index contributed by atoms with van der Waals surface area (Å²) in [7, 11) is 1.58. The number of carbonyl (C=O) groups is 1. The van der Waals surface area contributed by atoms with E-state index in [0.29, 0.717) is 16.3 Å². The standard InChI is InChI=1S/C15H13ClFNO2S/c1-10(19)18(11-3-5-12(20-2)6-4-11)21-13-7-8-15(17)14(16)9-13/h3-9H,1-2H3. The normalized spacial score (nSPS) is 10.3. The number of hydrogen-bond donors (Lipinski definition) is 0. The molecule has 3 nitrogen and oxygen atoms in total. The van der Waals surface area contributed by atoms with Crippen molar-refractivity contribution in [1.82, 2.24) is 0 Å². The van der Waals surface area contributed by atoms with Crippen molar-refractivity contribution in [1.29, 1.82) is 0 Å². The fourth-order valence-corrected chi connectivity index (χ4v) is 2.77. The van der Waals surface area contributed by atoms with E-state index in [9.17, 15) is 9.18 Å². The molecule has 0 aliphatic heterocycles. The molecule has 0 radical (unpaired) electrons. The van der Waals surface area contributed by atoms with E-state index in [2.05, 4.69) is 0 Å². The van der Waals surface area contributed by atoms with Crippen LogP contribution in [0, 0.1) is 5.82 Å². The highest BCUT2D eigenvalue weighted by molar-refractivity contribution is 8.01. The molecule has 1 amide bonds. The molecule has 0 heterocycles. The fourth-order valence-electron chi connectivity index (χ4n) is 1.66. The third kappa shape index (κ3) is 3.89. The van der Waals surface area contributed by atoms with Crippen LogP contribution in [0.15, 0.2) is 47.4 Å². The lowest BCUT2D eigenvalue weighted by Crippen LogP contribution is -2.20. The van der Waals surface area contributed by atoms with Gasteiger partial charge in [0.15, 0.2) is 0 Å². The molecule has 0 atom stereocenters. The molecule has 21 heavy (non-hydrogen) atoms. The van der Waals surface area contributed by atoms with E-state index in [1.54, 1.807) is 37.4 Å². The van der Waals surface area contributed by atoms with Crippen LogP contribution in [-0.2, 0) is 4.79 Å². The summed E-state index contributed by atoms with van der Waals surface area (Å²) in [5.74, 6) is 0.0718. The first kappa shape index (κ1) is 15.7. The highest BCUT2D eigenvalue weighted by atomic mass is 35.5. The molecular formula is C15H13ClFNO2S. The van der Waals surface area contributed by atoms with Crippen LogP contribution in [-0.4, -0.2) is 13.0 Å². The average molecular weight is 326 g/mol. The summed E-state index contributed by atoms with van der Waals surface area (Å²) in [6.45, 7) is 1.46. The lowest BCUT2D eigenvalue weighted by Gasteiger charge is -2.20. The minimum Gasteiger partial charge on any atom is -0.497 e. The van der Waals surface area contributed by atoms with Crippen molar-refractivity contribution >= 4 is 35.1 Å². The molecule has 0 unspecified atom stereocenters. The van der Waals surface area contributed by atoms with Crippen LogP contribution in [0.25, 0.3) is 0 Å². The Hall–Kier alpha value is -1.72. The lowest BCUT2D eigenvalue weighted by atomic mass is 10.3. The molecule has 0 bridgehead atoms. The largest absolute Gasteiger partial charge is 0.497 e. The zero-order valence-electron chi connectivity index (χ0n) is 11.5. The molecule has 110 valence electrons. The number of ether oxygens (including phenoxy) is 1. The SMILES string of the molecule is COc1ccc(N(Sc2ccc(F)c(Cl)c2)C(C)=O)cc1. The topological polar surface area (TPSA) is 29.5 Å². The predicted molar refractivity (Wildman–Crippen MR) is 83.4 cm³/mol. The second kappa shape index (κ2) is 6.83. The van der Waals surface area contributed by atoms with Crippen LogP contribution in [0.2, 0.25) is 5.02 Å². The van der Waals surface area contributed by atoms with Crippen molar-refractivity contribution in [3.63, 3.8) is 0 Å². The van der Waals surface area contributed by atoms with Gasteiger partial charge in [0, 0.05) is 11.8 Å². The van der Waals surface area contributed by atoms with Crippen molar-refractivity contribution < 1.29 is 13.9 Å². The van der Waals surface area contributed by atoms with E-state index < -0.39 is 5.82 Å². The van der Waals surface area contributed by atoms with Gasteiger partial charge < -0.3 is 4.74 Å². The van der Waals surface area contributed by atoms with Crippen LogP contribution in [0.3, 0.4) is 0 Å². The van der Waals surface area contributed by atoms with Crippen molar-refractivity contribution in [2.45, 2.75) is 11.8 Å². The summed E-state index contributed by atoms with van der Waals surface area (Å²) in [4.78, 5) is 12.5. The number of carbonyl (C=O) groups excluding carboxylic acids is 1. The second-order valence-corrected chi connectivity index (χ2v) is 5.60. The quantitative estimate of drug-likeness (QED) is 0.772. The first-order valence-electron chi connectivity index (χ1n) is 6.09. The lowest BCUT2D eigenvalue weighted by molar-refractivity contribution is -0.115. The Labute approximate surface area is 131 Å². The molecule has 0 aromatic heterocycles. The van der Waals surface area contributed by atoms with Gasteiger partial charge in [-0.25, -0.2) is 8.70 Å². The zero-order valence-corrected chi connectivity index (χ0v) is 13.0. The number of halogens is 2. The predicted octanol–water partition coefficient (Wildman–Crippen LogP) is 4.55. The summed E-state index contributed by atoms with van der Waals surface area (Å²) in [5.41, 5.74) is 0.703. The van der Waals surface area contributed by atoms with Gasteiger partial charge in [0.1, 0.15) is 11.6 Å². The maximum Gasteiger partial charge on any atom is 0.234 e. The molecule has 2 rings (SSSR count). The van der Waals surface area contributed by atoms with E-state index in [4.69, 9.17) is 16.3 Å². The molecule has 2 aromatic rings. The van der Waals surface area contributed by atoms with E-state index in [1.807, 2.05) is 0 Å². The molecule has 6 heteroatoms. The molecule has 0 aliphatic rings. The number of hydrogen-bond acceptors (Lipinski definition) is 3. The van der Waals surface area contributed by atoms with Crippen molar-refractivity contribution in [2.24, 2.45) is 0 Å². The average Bonchev–Trinajstić information content (AvgIpc) is 2.48. The highest BCUT2D eigenvalue weighted by Crippen LogP contribution is 2.32. The maximum absolute atomic E-state index is 13.2. The van der Waals surface area contributed by atoms with E-state index in [0.717, 1.165) is 0 Å². The van der Waals surface area contributed by atoms with E-state index >= 15 is 0 Å². The fraction of sp³-hybridized carbons (Fsp3) is 0.133.